The summed E-state index contributed by atoms with van der Waals surface area (Å²) in [6.07, 6.45) is 2.46. The molecule has 0 aromatic heterocycles. The van der Waals surface area contributed by atoms with Gasteiger partial charge in [-0.05, 0) is 66.5 Å². The van der Waals surface area contributed by atoms with Crippen LogP contribution in [-0.2, 0) is 15.0 Å². The van der Waals surface area contributed by atoms with Gasteiger partial charge in [0, 0.05) is 0 Å². The summed E-state index contributed by atoms with van der Waals surface area (Å²) < 4.78 is 5.52. The molecular formula is C26H29NO4. The molecule has 1 aliphatic heterocycles. The Bertz CT molecular complexity index is 1020. The lowest BCUT2D eigenvalue weighted by Crippen LogP contribution is -2.31. The molecule has 2 aromatic rings. The third kappa shape index (κ3) is 4.14. The van der Waals surface area contributed by atoms with Gasteiger partial charge in [0.25, 0.3) is 0 Å². The summed E-state index contributed by atoms with van der Waals surface area (Å²) in [4.78, 5) is 39.9. The van der Waals surface area contributed by atoms with Gasteiger partial charge >= 0.3 is 5.97 Å². The minimum absolute atomic E-state index is 0.0145. The van der Waals surface area contributed by atoms with Crippen LogP contribution >= 0.6 is 0 Å². The van der Waals surface area contributed by atoms with Crippen molar-refractivity contribution < 1.29 is 19.1 Å². The standard InChI is InChI=1S/C26H29NO4/c1-16-8-13-21-22(14-16)24(29)27(23(21)28)19-7-5-6-17(15-19)25(30)31-20-11-9-18(10-12-20)26(2,3)4/h5-7,9-12,15-16,21-22H,8,13-14H2,1-4H3/t16-,21+,22+/m0/s1. The highest BCUT2D eigenvalue weighted by Gasteiger charge is 2.50. The number of benzene rings is 2. The SMILES string of the molecule is C[C@H]1CC[C@H]2C(=O)N(c3cccc(C(=O)Oc4ccc(C(C)(C)C)cc4)c3)C(=O)[C@@H]2C1. The van der Waals surface area contributed by atoms with Crippen LogP contribution in [-0.4, -0.2) is 17.8 Å². The van der Waals surface area contributed by atoms with Crippen LogP contribution in [0.1, 0.15) is 62.9 Å². The molecule has 5 heteroatoms. The first kappa shape index (κ1) is 21.3. The first-order valence-electron chi connectivity index (χ1n) is 11.0. The number of fused-ring (bicyclic) bond motifs is 1. The van der Waals surface area contributed by atoms with Gasteiger partial charge in [0.05, 0.1) is 23.1 Å². The third-order valence-corrected chi connectivity index (χ3v) is 6.46. The summed E-state index contributed by atoms with van der Waals surface area (Å²) in [6, 6.07) is 14.0. The van der Waals surface area contributed by atoms with Gasteiger partial charge in [-0.1, -0.05) is 45.9 Å². The maximum atomic E-state index is 13.0. The summed E-state index contributed by atoms with van der Waals surface area (Å²) in [7, 11) is 0. The van der Waals surface area contributed by atoms with E-state index in [4.69, 9.17) is 4.74 Å². The minimum Gasteiger partial charge on any atom is -0.423 e. The van der Waals surface area contributed by atoms with Gasteiger partial charge in [0.1, 0.15) is 5.75 Å². The van der Waals surface area contributed by atoms with E-state index in [1.807, 2.05) is 12.1 Å². The quantitative estimate of drug-likeness (QED) is 0.393. The fourth-order valence-electron chi connectivity index (χ4n) is 4.61. The molecule has 2 aromatic carbocycles. The first-order chi connectivity index (χ1) is 14.6. The molecule has 2 aliphatic rings. The highest BCUT2D eigenvalue weighted by Crippen LogP contribution is 2.42. The lowest BCUT2D eigenvalue weighted by atomic mass is 9.76. The van der Waals surface area contributed by atoms with E-state index in [1.54, 1.807) is 36.4 Å². The molecule has 1 aliphatic carbocycles. The Morgan fingerprint density at radius 1 is 0.968 bits per heavy atom. The molecule has 4 rings (SSSR count). The van der Waals surface area contributed by atoms with Gasteiger partial charge in [-0.2, -0.15) is 0 Å². The zero-order valence-electron chi connectivity index (χ0n) is 18.6. The maximum Gasteiger partial charge on any atom is 0.343 e. The van der Waals surface area contributed by atoms with Crippen LogP contribution in [0, 0.1) is 17.8 Å². The maximum absolute atomic E-state index is 13.0. The molecule has 0 bridgehead atoms. The van der Waals surface area contributed by atoms with Crippen molar-refractivity contribution >= 4 is 23.5 Å². The van der Waals surface area contributed by atoms with E-state index in [9.17, 15) is 14.4 Å². The smallest absolute Gasteiger partial charge is 0.343 e. The molecule has 1 saturated heterocycles. The summed E-state index contributed by atoms with van der Waals surface area (Å²) in [5, 5.41) is 0. The molecule has 5 nitrogen and oxygen atoms in total. The van der Waals surface area contributed by atoms with Crippen LogP contribution < -0.4 is 9.64 Å². The van der Waals surface area contributed by atoms with Gasteiger partial charge in [-0.25, -0.2) is 4.79 Å². The van der Waals surface area contributed by atoms with Crippen LogP contribution in [0.4, 0.5) is 5.69 Å². The highest BCUT2D eigenvalue weighted by atomic mass is 16.5. The molecule has 2 amide bonds. The number of anilines is 1. The fraction of sp³-hybridized carbons (Fsp3) is 0.423. The number of ether oxygens (including phenoxy) is 1. The van der Waals surface area contributed by atoms with Crippen molar-refractivity contribution in [2.75, 3.05) is 4.90 Å². The summed E-state index contributed by atoms with van der Waals surface area (Å²) in [5.74, 6) is -0.389. The van der Waals surface area contributed by atoms with E-state index >= 15 is 0 Å². The van der Waals surface area contributed by atoms with Crippen LogP contribution in [0.3, 0.4) is 0 Å². The van der Waals surface area contributed by atoms with E-state index in [-0.39, 0.29) is 29.1 Å². The van der Waals surface area contributed by atoms with Crippen molar-refractivity contribution in [2.24, 2.45) is 17.8 Å². The third-order valence-electron chi connectivity index (χ3n) is 6.46. The van der Waals surface area contributed by atoms with Gasteiger partial charge in [0.15, 0.2) is 0 Å². The number of esters is 1. The van der Waals surface area contributed by atoms with Crippen molar-refractivity contribution in [2.45, 2.75) is 52.4 Å². The van der Waals surface area contributed by atoms with Crippen LogP contribution in [0.5, 0.6) is 5.75 Å². The number of amides is 2. The van der Waals surface area contributed by atoms with Gasteiger partial charge < -0.3 is 4.74 Å². The minimum atomic E-state index is -0.518. The second-order valence-electron chi connectivity index (χ2n) is 9.86. The Labute approximate surface area is 183 Å². The number of carbonyl (C=O) groups is 3. The number of nitrogens with zero attached hydrogens (tertiary/aromatic N) is 1. The topological polar surface area (TPSA) is 63.7 Å². The molecule has 0 N–H and O–H groups in total. The molecule has 0 unspecified atom stereocenters. The zero-order valence-corrected chi connectivity index (χ0v) is 18.6. The lowest BCUT2D eigenvalue weighted by molar-refractivity contribution is -0.122. The van der Waals surface area contributed by atoms with E-state index in [2.05, 4.69) is 27.7 Å². The average molecular weight is 420 g/mol. The summed E-state index contributed by atoms with van der Waals surface area (Å²) in [5.41, 5.74) is 1.91. The van der Waals surface area contributed by atoms with Crippen LogP contribution in [0.25, 0.3) is 0 Å². The highest BCUT2D eigenvalue weighted by molar-refractivity contribution is 6.22. The van der Waals surface area contributed by atoms with Crippen LogP contribution in [0.2, 0.25) is 0 Å². The van der Waals surface area contributed by atoms with Gasteiger partial charge in [-0.15, -0.1) is 0 Å². The predicted octanol–water partition coefficient (Wildman–Crippen LogP) is 5.13. The normalized spacial score (nSPS) is 23.6. The Morgan fingerprint density at radius 2 is 1.65 bits per heavy atom. The number of imide groups is 1. The Kier molecular flexibility index (Phi) is 5.46. The van der Waals surface area contributed by atoms with Crippen molar-refractivity contribution in [3.05, 3.63) is 59.7 Å². The largest absolute Gasteiger partial charge is 0.423 e. The van der Waals surface area contributed by atoms with Gasteiger partial charge in [-0.3, -0.25) is 14.5 Å². The molecule has 2 fully saturated rings. The molecule has 3 atom stereocenters. The molecule has 1 heterocycles. The van der Waals surface area contributed by atoms with E-state index in [0.717, 1.165) is 24.8 Å². The van der Waals surface area contributed by atoms with Crippen molar-refractivity contribution in [3.63, 3.8) is 0 Å². The molecule has 0 spiro atoms. The Hall–Kier alpha value is -2.95. The fourth-order valence-corrected chi connectivity index (χ4v) is 4.61. The van der Waals surface area contributed by atoms with Crippen molar-refractivity contribution in [3.8, 4) is 5.75 Å². The first-order valence-corrected chi connectivity index (χ1v) is 11.0. The molecule has 1 saturated carbocycles. The number of carbonyl (C=O) groups excluding carboxylic acids is 3. The lowest BCUT2D eigenvalue weighted by Gasteiger charge is -2.25. The Balaban J connectivity index is 1.52. The second-order valence-corrected chi connectivity index (χ2v) is 9.86. The van der Waals surface area contributed by atoms with Gasteiger partial charge in [0.2, 0.25) is 11.8 Å². The zero-order chi connectivity index (χ0) is 22.3. The predicted molar refractivity (Wildman–Crippen MR) is 119 cm³/mol. The molecule has 31 heavy (non-hydrogen) atoms. The average Bonchev–Trinajstić information content (AvgIpc) is 2.97. The summed E-state index contributed by atoms with van der Waals surface area (Å²) in [6.45, 7) is 8.49. The monoisotopic (exact) mass is 419 g/mol. The van der Waals surface area contributed by atoms with E-state index in [0.29, 0.717) is 22.9 Å². The second kappa shape index (κ2) is 7.95. The number of hydrogen-bond donors (Lipinski definition) is 0. The van der Waals surface area contributed by atoms with Crippen molar-refractivity contribution in [1.29, 1.82) is 0 Å². The van der Waals surface area contributed by atoms with E-state index < -0.39 is 5.97 Å². The van der Waals surface area contributed by atoms with E-state index in [1.165, 1.54) is 4.90 Å². The Morgan fingerprint density at radius 3 is 2.32 bits per heavy atom. The molecule has 162 valence electrons. The van der Waals surface area contributed by atoms with Crippen molar-refractivity contribution in [1.82, 2.24) is 0 Å². The number of rotatable bonds is 3. The summed E-state index contributed by atoms with van der Waals surface area (Å²) >= 11 is 0. The molecular weight excluding hydrogens is 390 g/mol. The number of hydrogen-bond acceptors (Lipinski definition) is 4. The molecule has 0 radical (unpaired) electrons. The van der Waals surface area contributed by atoms with Crippen LogP contribution in [0.15, 0.2) is 48.5 Å².